The first-order valence-corrected chi connectivity index (χ1v) is 5.66. The van der Waals surface area contributed by atoms with Crippen LogP contribution in [0.3, 0.4) is 0 Å². The van der Waals surface area contributed by atoms with Crippen LogP contribution in [0.15, 0.2) is 0 Å². The third-order valence-corrected chi connectivity index (χ3v) is 4.76. The first kappa shape index (κ1) is 10.4. The normalized spacial score (nSPS) is 29.1. The third-order valence-electron chi connectivity index (χ3n) is 4.76. The summed E-state index contributed by atoms with van der Waals surface area (Å²) in [6.07, 6.45) is 3.65. The van der Waals surface area contributed by atoms with Crippen LogP contribution in [0.4, 0.5) is 0 Å². The van der Waals surface area contributed by atoms with E-state index in [2.05, 4.69) is 20.8 Å². The molecule has 0 radical (unpaired) electrons. The van der Waals surface area contributed by atoms with Crippen molar-refractivity contribution < 1.29 is 9.84 Å². The average Bonchev–Trinajstić information content (AvgIpc) is 1.89. The van der Waals surface area contributed by atoms with E-state index in [1.807, 2.05) is 0 Å². The van der Waals surface area contributed by atoms with Gasteiger partial charge in [-0.25, -0.2) is 0 Å². The SMILES string of the molecule is CC(C)(C)C1(C2(CO)CCC2)COC1. The van der Waals surface area contributed by atoms with Crippen molar-refractivity contribution in [3.05, 3.63) is 0 Å². The maximum atomic E-state index is 9.64. The first-order chi connectivity index (χ1) is 6.47. The van der Waals surface area contributed by atoms with Gasteiger partial charge in [-0.1, -0.05) is 27.2 Å². The smallest absolute Gasteiger partial charge is 0.0556 e. The van der Waals surface area contributed by atoms with Crippen LogP contribution in [0.5, 0.6) is 0 Å². The molecule has 2 nitrogen and oxygen atoms in total. The van der Waals surface area contributed by atoms with Crippen LogP contribution in [0.25, 0.3) is 0 Å². The highest BCUT2D eigenvalue weighted by Gasteiger charge is 2.63. The zero-order valence-electron chi connectivity index (χ0n) is 9.60. The molecule has 2 heteroatoms. The summed E-state index contributed by atoms with van der Waals surface area (Å²) in [5.41, 5.74) is 0.644. The van der Waals surface area contributed by atoms with Gasteiger partial charge in [0.2, 0.25) is 0 Å². The lowest BCUT2D eigenvalue weighted by Gasteiger charge is -2.65. The van der Waals surface area contributed by atoms with Gasteiger partial charge in [-0.15, -0.1) is 0 Å². The van der Waals surface area contributed by atoms with Crippen LogP contribution in [0.1, 0.15) is 40.0 Å². The van der Waals surface area contributed by atoms with E-state index in [4.69, 9.17) is 4.74 Å². The van der Waals surface area contributed by atoms with Gasteiger partial charge in [-0.3, -0.25) is 0 Å². The van der Waals surface area contributed by atoms with Crippen LogP contribution >= 0.6 is 0 Å². The van der Waals surface area contributed by atoms with Crippen molar-refractivity contribution >= 4 is 0 Å². The molecule has 1 saturated heterocycles. The number of ether oxygens (including phenoxy) is 1. The highest BCUT2D eigenvalue weighted by molar-refractivity contribution is 5.10. The summed E-state index contributed by atoms with van der Waals surface area (Å²) in [7, 11) is 0. The number of aliphatic hydroxyl groups is 1. The summed E-state index contributed by atoms with van der Waals surface area (Å²) >= 11 is 0. The predicted molar refractivity (Wildman–Crippen MR) is 56.1 cm³/mol. The van der Waals surface area contributed by atoms with E-state index < -0.39 is 0 Å². The number of rotatable bonds is 2. The predicted octanol–water partition coefficient (Wildman–Crippen LogP) is 2.21. The van der Waals surface area contributed by atoms with E-state index >= 15 is 0 Å². The molecular formula is C12H22O2. The Balaban J connectivity index is 2.27. The van der Waals surface area contributed by atoms with E-state index in [9.17, 15) is 5.11 Å². The second kappa shape index (κ2) is 2.96. The van der Waals surface area contributed by atoms with Gasteiger partial charge in [0.15, 0.2) is 0 Å². The summed E-state index contributed by atoms with van der Waals surface area (Å²) in [4.78, 5) is 0. The maximum Gasteiger partial charge on any atom is 0.0556 e. The highest BCUT2D eigenvalue weighted by atomic mass is 16.5. The second-order valence-corrected chi connectivity index (χ2v) is 6.12. The molecule has 0 aromatic carbocycles. The molecule has 1 aliphatic carbocycles. The van der Waals surface area contributed by atoms with Crippen LogP contribution in [-0.4, -0.2) is 24.9 Å². The fraction of sp³-hybridized carbons (Fsp3) is 1.00. The molecule has 2 rings (SSSR count). The Hall–Kier alpha value is -0.0800. The Morgan fingerprint density at radius 1 is 1.21 bits per heavy atom. The van der Waals surface area contributed by atoms with Crippen LogP contribution < -0.4 is 0 Å². The molecule has 1 saturated carbocycles. The molecule has 1 aliphatic heterocycles. The van der Waals surface area contributed by atoms with Crippen molar-refractivity contribution in [3.8, 4) is 0 Å². The Kier molecular flexibility index (Phi) is 2.20. The van der Waals surface area contributed by atoms with Gasteiger partial charge < -0.3 is 9.84 Å². The summed E-state index contributed by atoms with van der Waals surface area (Å²) in [6.45, 7) is 8.88. The molecule has 1 N–H and O–H groups in total. The molecule has 0 aromatic heterocycles. The average molecular weight is 198 g/mol. The van der Waals surface area contributed by atoms with Crippen molar-refractivity contribution in [1.29, 1.82) is 0 Å². The van der Waals surface area contributed by atoms with E-state index in [-0.39, 0.29) is 16.2 Å². The monoisotopic (exact) mass is 198 g/mol. The molecular weight excluding hydrogens is 176 g/mol. The van der Waals surface area contributed by atoms with Crippen molar-refractivity contribution in [1.82, 2.24) is 0 Å². The van der Waals surface area contributed by atoms with Crippen molar-refractivity contribution in [3.63, 3.8) is 0 Å². The second-order valence-electron chi connectivity index (χ2n) is 6.12. The molecule has 0 aromatic rings. The molecule has 2 fully saturated rings. The van der Waals surface area contributed by atoms with Gasteiger partial charge in [-0.05, 0) is 18.3 Å². The van der Waals surface area contributed by atoms with Crippen LogP contribution in [0.2, 0.25) is 0 Å². The maximum absolute atomic E-state index is 9.64. The highest BCUT2D eigenvalue weighted by Crippen LogP contribution is 2.64. The van der Waals surface area contributed by atoms with Crippen LogP contribution in [0, 0.1) is 16.2 Å². The van der Waals surface area contributed by atoms with E-state index in [1.165, 1.54) is 19.3 Å². The van der Waals surface area contributed by atoms with Gasteiger partial charge in [0, 0.05) is 17.4 Å². The van der Waals surface area contributed by atoms with Gasteiger partial charge >= 0.3 is 0 Å². The Morgan fingerprint density at radius 3 is 1.86 bits per heavy atom. The van der Waals surface area contributed by atoms with Crippen molar-refractivity contribution in [2.75, 3.05) is 19.8 Å². The lowest BCUT2D eigenvalue weighted by molar-refractivity contribution is -0.269. The lowest BCUT2D eigenvalue weighted by atomic mass is 9.45. The summed E-state index contributed by atoms with van der Waals surface area (Å²) < 4.78 is 5.44. The molecule has 1 heterocycles. The summed E-state index contributed by atoms with van der Waals surface area (Å²) in [5, 5.41) is 9.64. The molecule has 0 bridgehead atoms. The quantitative estimate of drug-likeness (QED) is 0.737. The van der Waals surface area contributed by atoms with Gasteiger partial charge in [-0.2, -0.15) is 0 Å². The zero-order chi connectivity index (χ0) is 10.4. The topological polar surface area (TPSA) is 29.5 Å². The van der Waals surface area contributed by atoms with Gasteiger partial charge in [0.25, 0.3) is 0 Å². The zero-order valence-corrected chi connectivity index (χ0v) is 9.60. The number of aliphatic hydroxyl groups excluding tert-OH is 1. The van der Waals surface area contributed by atoms with Crippen LogP contribution in [-0.2, 0) is 4.74 Å². The van der Waals surface area contributed by atoms with Crippen molar-refractivity contribution in [2.24, 2.45) is 16.2 Å². The number of hydrogen-bond acceptors (Lipinski definition) is 2. The lowest BCUT2D eigenvalue weighted by Crippen LogP contribution is -2.65. The molecule has 82 valence electrons. The fourth-order valence-corrected chi connectivity index (χ4v) is 3.23. The van der Waals surface area contributed by atoms with Crippen molar-refractivity contribution in [2.45, 2.75) is 40.0 Å². The summed E-state index contributed by atoms with van der Waals surface area (Å²) in [6, 6.07) is 0. The fourth-order valence-electron chi connectivity index (χ4n) is 3.23. The Bertz CT molecular complexity index is 213. The molecule has 0 unspecified atom stereocenters. The molecule has 0 atom stereocenters. The minimum atomic E-state index is 0.170. The molecule has 0 spiro atoms. The Morgan fingerprint density at radius 2 is 1.79 bits per heavy atom. The largest absolute Gasteiger partial charge is 0.396 e. The van der Waals surface area contributed by atoms with E-state index in [0.717, 1.165) is 13.2 Å². The van der Waals surface area contributed by atoms with E-state index in [0.29, 0.717) is 6.61 Å². The van der Waals surface area contributed by atoms with E-state index in [1.54, 1.807) is 0 Å². The van der Waals surface area contributed by atoms with Gasteiger partial charge in [0.1, 0.15) is 0 Å². The Labute approximate surface area is 86.6 Å². The minimum Gasteiger partial charge on any atom is -0.396 e. The minimum absolute atomic E-state index is 0.170. The number of hydrogen-bond donors (Lipinski definition) is 1. The first-order valence-electron chi connectivity index (χ1n) is 5.66. The summed E-state index contributed by atoms with van der Waals surface area (Å²) in [5.74, 6) is 0. The molecule has 2 aliphatic rings. The molecule has 14 heavy (non-hydrogen) atoms. The third kappa shape index (κ3) is 1.04. The standard InChI is InChI=1S/C12H22O2/c1-10(2,3)12(8-14-9-12)11(7-13)5-4-6-11/h13H,4-9H2,1-3H3. The van der Waals surface area contributed by atoms with Gasteiger partial charge in [0.05, 0.1) is 13.2 Å². The molecule has 0 amide bonds.